The Hall–Kier alpha value is -7.00. The Morgan fingerprint density at radius 2 is 0.965 bits per heavy atom. The number of aliphatic hydroxyl groups is 1. The standard InChI is InChI=1S/C55H45NO/c1-40-20-28-46(29-21-40)54(47-30-22-41(2)23-31-47)38-48-32-37-55(53-18-10-9-17-52(48)53)56(50-35-26-43(39-57)27-36-50)49-33-24-42(25-34-49)12-11-19-51(44-13-5-3-6-14-44)45-15-7-4-8-16-45/h3-38,57H,39H2,1-2H3. The Morgan fingerprint density at radius 3 is 1.51 bits per heavy atom. The summed E-state index contributed by atoms with van der Waals surface area (Å²) in [5, 5.41) is 12.2. The average Bonchev–Trinajstić information content (AvgIpc) is 3.27. The highest BCUT2D eigenvalue weighted by molar-refractivity contribution is 6.05. The lowest BCUT2D eigenvalue weighted by atomic mass is 9.92. The maximum atomic E-state index is 9.87. The summed E-state index contributed by atoms with van der Waals surface area (Å²) in [6, 6.07) is 68.7. The molecule has 0 atom stereocenters. The molecule has 0 bridgehead atoms. The zero-order chi connectivity index (χ0) is 39.0. The van der Waals surface area contributed by atoms with Crippen molar-refractivity contribution in [3.05, 3.63) is 256 Å². The number of allylic oxidation sites excluding steroid dienone is 2. The molecule has 0 aliphatic carbocycles. The number of aliphatic hydroxyl groups excluding tert-OH is 1. The molecule has 1 N–H and O–H groups in total. The molecule has 57 heavy (non-hydrogen) atoms. The van der Waals surface area contributed by atoms with Crippen molar-refractivity contribution in [3.8, 4) is 0 Å². The van der Waals surface area contributed by atoms with Crippen LogP contribution in [0.5, 0.6) is 0 Å². The molecule has 0 aliphatic heterocycles. The third-order valence-electron chi connectivity index (χ3n) is 10.5. The molecule has 8 aromatic carbocycles. The molecule has 0 saturated heterocycles. The SMILES string of the molecule is Cc1ccc(C(=Cc2ccc(N(c3ccc(C=CC=C(c4ccccc4)c4ccccc4)cc3)c3ccc(CO)cc3)c3ccccc23)c2ccc(C)cc2)cc1. The van der Waals surface area contributed by atoms with Crippen molar-refractivity contribution in [2.75, 3.05) is 4.90 Å². The van der Waals surface area contributed by atoms with Crippen molar-refractivity contribution in [2.24, 2.45) is 0 Å². The monoisotopic (exact) mass is 735 g/mol. The van der Waals surface area contributed by atoms with Gasteiger partial charge in [-0.05, 0) is 106 Å². The molecule has 2 heteroatoms. The summed E-state index contributed by atoms with van der Waals surface area (Å²) in [4.78, 5) is 2.31. The Kier molecular flexibility index (Phi) is 11.2. The molecule has 8 rings (SSSR count). The topological polar surface area (TPSA) is 23.5 Å². The van der Waals surface area contributed by atoms with Crippen molar-refractivity contribution >= 4 is 51.1 Å². The van der Waals surface area contributed by atoms with E-state index in [1.807, 2.05) is 12.1 Å². The predicted octanol–water partition coefficient (Wildman–Crippen LogP) is 14.2. The molecule has 0 aliphatic rings. The van der Waals surface area contributed by atoms with Gasteiger partial charge in [0.05, 0.1) is 12.3 Å². The van der Waals surface area contributed by atoms with Crippen LogP contribution in [0, 0.1) is 13.8 Å². The number of hydrogen-bond donors (Lipinski definition) is 1. The second-order valence-corrected chi connectivity index (χ2v) is 14.4. The third-order valence-corrected chi connectivity index (χ3v) is 10.5. The first kappa shape index (κ1) is 36.9. The third kappa shape index (κ3) is 8.48. The number of anilines is 3. The maximum absolute atomic E-state index is 9.87. The summed E-state index contributed by atoms with van der Waals surface area (Å²) >= 11 is 0. The normalized spacial score (nSPS) is 11.1. The first-order valence-electron chi connectivity index (χ1n) is 19.5. The largest absolute Gasteiger partial charge is 0.392 e. The fourth-order valence-electron chi connectivity index (χ4n) is 7.34. The molecular formula is C55H45NO. The zero-order valence-corrected chi connectivity index (χ0v) is 32.4. The summed E-state index contributed by atoms with van der Waals surface area (Å²) in [6.07, 6.45) is 8.82. The first-order chi connectivity index (χ1) is 28.0. The lowest BCUT2D eigenvalue weighted by Crippen LogP contribution is -2.10. The molecule has 276 valence electrons. The fourth-order valence-corrected chi connectivity index (χ4v) is 7.34. The minimum Gasteiger partial charge on any atom is -0.392 e. The predicted molar refractivity (Wildman–Crippen MR) is 243 cm³/mol. The van der Waals surface area contributed by atoms with Gasteiger partial charge < -0.3 is 10.0 Å². The minimum absolute atomic E-state index is 0.000276. The van der Waals surface area contributed by atoms with E-state index in [9.17, 15) is 5.11 Å². The van der Waals surface area contributed by atoms with Gasteiger partial charge in [0.1, 0.15) is 0 Å². The van der Waals surface area contributed by atoms with Crippen LogP contribution in [-0.4, -0.2) is 5.11 Å². The zero-order valence-electron chi connectivity index (χ0n) is 32.4. The van der Waals surface area contributed by atoms with Gasteiger partial charge >= 0.3 is 0 Å². The quantitative estimate of drug-likeness (QED) is 0.106. The van der Waals surface area contributed by atoms with E-state index in [2.05, 4.69) is 225 Å². The summed E-state index contributed by atoms with van der Waals surface area (Å²) in [5.41, 5.74) is 15.8. The molecule has 8 aromatic rings. The molecule has 0 aromatic heterocycles. The van der Waals surface area contributed by atoms with Gasteiger partial charge in [-0.1, -0.05) is 193 Å². The van der Waals surface area contributed by atoms with E-state index in [-0.39, 0.29) is 6.61 Å². The molecule has 0 saturated carbocycles. The second kappa shape index (κ2) is 17.2. The van der Waals surface area contributed by atoms with E-state index in [4.69, 9.17) is 0 Å². The number of nitrogens with zero attached hydrogens (tertiary/aromatic N) is 1. The number of hydrogen-bond acceptors (Lipinski definition) is 2. The van der Waals surface area contributed by atoms with Crippen molar-refractivity contribution in [1.29, 1.82) is 0 Å². The van der Waals surface area contributed by atoms with Gasteiger partial charge in [0.15, 0.2) is 0 Å². The van der Waals surface area contributed by atoms with Gasteiger partial charge in [-0.25, -0.2) is 0 Å². The molecule has 0 fully saturated rings. The smallest absolute Gasteiger partial charge is 0.0681 e. The van der Waals surface area contributed by atoms with E-state index in [1.54, 1.807) is 0 Å². The summed E-state index contributed by atoms with van der Waals surface area (Å²) in [7, 11) is 0. The first-order valence-corrected chi connectivity index (χ1v) is 19.5. The summed E-state index contributed by atoms with van der Waals surface area (Å²) < 4.78 is 0. The molecular weight excluding hydrogens is 691 g/mol. The van der Waals surface area contributed by atoms with E-state index in [0.29, 0.717) is 0 Å². The fraction of sp³-hybridized carbons (Fsp3) is 0.0545. The number of rotatable bonds is 11. The van der Waals surface area contributed by atoms with Crippen LogP contribution in [-0.2, 0) is 6.61 Å². The molecule has 0 heterocycles. The van der Waals surface area contributed by atoms with Gasteiger partial charge in [-0.15, -0.1) is 0 Å². The van der Waals surface area contributed by atoms with E-state index in [0.717, 1.165) is 39.1 Å². The lowest BCUT2D eigenvalue weighted by Gasteiger charge is -2.27. The van der Waals surface area contributed by atoms with Crippen LogP contribution in [0.25, 0.3) is 34.1 Å². The molecule has 2 nitrogen and oxygen atoms in total. The highest BCUT2D eigenvalue weighted by Crippen LogP contribution is 2.41. The molecule has 0 amide bonds. The van der Waals surface area contributed by atoms with Gasteiger partial charge in [0, 0.05) is 16.8 Å². The van der Waals surface area contributed by atoms with Crippen LogP contribution in [0.3, 0.4) is 0 Å². The second-order valence-electron chi connectivity index (χ2n) is 14.4. The van der Waals surface area contributed by atoms with Gasteiger partial charge in [-0.2, -0.15) is 0 Å². The van der Waals surface area contributed by atoms with E-state index in [1.165, 1.54) is 49.9 Å². The van der Waals surface area contributed by atoms with Gasteiger partial charge in [0.2, 0.25) is 0 Å². The minimum atomic E-state index is 0.000276. The lowest BCUT2D eigenvalue weighted by molar-refractivity contribution is 0.282. The maximum Gasteiger partial charge on any atom is 0.0681 e. The Bertz CT molecular complexity index is 2580. The van der Waals surface area contributed by atoms with Gasteiger partial charge in [-0.3, -0.25) is 0 Å². The van der Waals surface area contributed by atoms with Crippen molar-refractivity contribution < 1.29 is 5.11 Å². The average molecular weight is 736 g/mol. The van der Waals surface area contributed by atoms with Crippen LogP contribution in [0.4, 0.5) is 17.1 Å². The summed E-state index contributed by atoms with van der Waals surface area (Å²) in [6.45, 7) is 4.26. The van der Waals surface area contributed by atoms with Crippen LogP contribution < -0.4 is 4.90 Å². The Labute approximate surface area is 336 Å². The van der Waals surface area contributed by atoms with Crippen molar-refractivity contribution in [3.63, 3.8) is 0 Å². The highest BCUT2D eigenvalue weighted by Gasteiger charge is 2.17. The van der Waals surface area contributed by atoms with Crippen LogP contribution >= 0.6 is 0 Å². The summed E-state index contributed by atoms with van der Waals surface area (Å²) in [5.74, 6) is 0. The number of aryl methyl sites for hydroxylation is 2. The molecule has 0 unspecified atom stereocenters. The van der Waals surface area contributed by atoms with Crippen LogP contribution in [0.15, 0.2) is 206 Å². The Balaban J connectivity index is 1.19. The van der Waals surface area contributed by atoms with Crippen LogP contribution in [0.1, 0.15) is 50.1 Å². The number of fused-ring (bicyclic) bond motifs is 1. The van der Waals surface area contributed by atoms with Crippen molar-refractivity contribution in [1.82, 2.24) is 0 Å². The molecule has 0 spiro atoms. The van der Waals surface area contributed by atoms with Gasteiger partial charge in [0.25, 0.3) is 0 Å². The van der Waals surface area contributed by atoms with Crippen molar-refractivity contribution in [2.45, 2.75) is 20.5 Å². The van der Waals surface area contributed by atoms with Crippen LogP contribution in [0.2, 0.25) is 0 Å². The Morgan fingerprint density at radius 1 is 0.474 bits per heavy atom. The molecule has 0 radical (unpaired) electrons. The highest BCUT2D eigenvalue weighted by atomic mass is 16.3. The number of benzene rings is 8. The van der Waals surface area contributed by atoms with E-state index >= 15 is 0 Å². The van der Waals surface area contributed by atoms with E-state index < -0.39 is 0 Å².